The number of ether oxygens (including phenoxy) is 3. The Labute approximate surface area is 177 Å². The van der Waals surface area contributed by atoms with Crippen LogP contribution in [-0.4, -0.2) is 60.0 Å². The topological polar surface area (TPSA) is 138 Å². The minimum absolute atomic E-state index is 0.349. The van der Waals surface area contributed by atoms with Gasteiger partial charge in [0.25, 0.3) is 0 Å². The fourth-order valence-electron chi connectivity index (χ4n) is 4.03. The molecule has 11 nitrogen and oxygen atoms in total. The first-order chi connectivity index (χ1) is 14.7. The molecule has 0 radical (unpaired) electrons. The quantitative estimate of drug-likeness (QED) is 0.558. The molecular formula is C19H21N4O7P. The van der Waals surface area contributed by atoms with Gasteiger partial charge in [0, 0.05) is 5.56 Å². The van der Waals surface area contributed by atoms with Crippen LogP contribution in [0.1, 0.15) is 20.1 Å². The van der Waals surface area contributed by atoms with E-state index in [4.69, 9.17) is 24.0 Å². The number of hydrogen-bond donors (Lipinski definition) is 2. The van der Waals surface area contributed by atoms with E-state index in [0.717, 1.165) is 5.56 Å². The van der Waals surface area contributed by atoms with Gasteiger partial charge >= 0.3 is 7.82 Å². The number of aromatic nitrogens is 4. The van der Waals surface area contributed by atoms with Crippen molar-refractivity contribution in [2.24, 2.45) is 0 Å². The van der Waals surface area contributed by atoms with E-state index in [1.807, 2.05) is 30.3 Å². The summed E-state index contributed by atoms with van der Waals surface area (Å²) in [4.78, 5) is 31.4. The molecule has 0 saturated carbocycles. The van der Waals surface area contributed by atoms with E-state index in [1.165, 1.54) is 6.33 Å². The SMILES string of the molecule is CC1(C)OC2C(COP(=O)(O)O)OC(n3cnc4c(-c5ccccc5)ncnc43)C2O1. The predicted octanol–water partition coefficient (Wildman–Crippen LogP) is 2.02. The summed E-state index contributed by atoms with van der Waals surface area (Å²) in [6.45, 7) is 3.19. The van der Waals surface area contributed by atoms with Gasteiger partial charge in [0.2, 0.25) is 0 Å². The summed E-state index contributed by atoms with van der Waals surface area (Å²) in [6.07, 6.45) is 0.485. The largest absolute Gasteiger partial charge is 0.469 e. The van der Waals surface area contributed by atoms with Gasteiger partial charge in [-0.05, 0) is 13.8 Å². The predicted molar refractivity (Wildman–Crippen MR) is 106 cm³/mol. The molecule has 31 heavy (non-hydrogen) atoms. The number of phosphoric acid groups is 1. The lowest BCUT2D eigenvalue weighted by atomic mass is 10.1. The molecule has 2 aliphatic heterocycles. The van der Waals surface area contributed by atoms with Crippen molar-refractivity contribution in [3.05, 3.63) is 43.0 Å². The monoisotopic (exact) mass is 448 g/mol. The maximum atomic E-state index is 11.2. The minimum atomic E-state index is -4.66. The average molecular weight is 448 g/mol. The van der Waals surface area contributed by atoms with Gasteiger partial charge in [-0.1, -0.05) is 30.3 Å². The van der Waals surface area contributed by atoms with Gasteiger partial charge in [0.15, 0.2) is 17.7 Å². The van der Waals surface area contributed by atoms with E-state index in [2.05, 4.69) is 19.5 Å². The minimum Gasteiger partial charge on any atom is -0.347 e. The standard InChI is InChI=1S/C19H21N4O7P/c1-19(2)29-15-12(8-27-31(24,25)26)28-18(16(15)30-19)23-10-22-14-13(20-9-21-17(14)23)11-6-4-3-5-7-11/h3-7,9-10,12,15-16,18H,8H2,1-2H3,(H2,24,25,26). The van der Waals surface area contributed by atoms with Crippen LogP contribution >= 0.6 is 7.82 Å². The van der Waals surface area contributed by atoms with Crippen molar-refractivity contribution in [2.75, 3.05) is 6.61 Å². The van der Waals surface area contributed by atoms with Crippen LogP contribution < -0.4 is 0 Å². The molecule has 2 fully saturated rings. The summed E-state index contributed by atoms with van der Waals surface area (Å²) in [5, 5.41) is 0. The maximum absolute atomic E-state index is 11.2. The van der Waals surface area contributed by atoms with E-state index < -0.39 is 38.1 Å². The van der Waals surface area contributed by atoms with Crippen LogP contribution in [0.25, 0.3) is 22.4 Å². The van der Waals surface area contributed by atoms with Gasteiger partial charge in [-0.2, -0.15) is 0 Å². The highest BCUT2D eigenvalue weighted by molar-refractivity contribution is 7.46. The number of nitrogens with zero attached hydrogens (tertiary/aromatic N) is 4. The Balaban J connectivity index is 1.51. The van der Waals surface area contributed by atoms with Crippen LogP contribution in [0.5, 0.6) is 0 Å². The smallest absolute Gasteiger partial charge is 0.347 e. The summed E-state index contributed by atoms with van der Waals surface area (Å²) in [7, 11) is -4.66. The molecule has 0 aliphatic carbocycles. The molecule has 2 aliphatic rings. The first-order valence-corrected chi connectivity index (χ1v) is 11.2. The Bertz CT molecular complexity index is 1150. The van der Waals surface area contributed by atoms with Gasteiger partial charge in [0.1, 0.15) is 35.8 Å². The van der Waals surface area contributed by atoms with Crippen molar-refractivity contribution in [2.45, 2.75) is 44.2 Å². The number of imidazole rings is 1. The Morgan fingerprint density at radius 2 is 1.87 bits per heavy atom. The van der Waals surface area contributed by atoms with Crippen molar-refractivity contribution < 1.29 is 33.1 Å². The molecule has 2 N–H and O–H groups in total. The molecule has 0 spiro atoms. The average Bonchev–Trinajstić information content (AvgIpc) is 3.37. The summed E-state index contributed by atoms with van der Waals surface area (Å²) in [5.41, 5.74) is 2.73. The molecular weight excluding hydrogens is 427 g/mol. The fourth-order valence-corrected chi connectivity index (χ4v) is 4.37. The Hall–Kier alpha value is -2.24. The second-order valence-corrected chi connectivity index (χ2v) is 9.07. The van der Waals surface area contributed by atoms with Gasteiger partial charge in [-0.15, -0.1) is 0 Å². The molecule has 0 bridgehead atoms. The first kappa shape index (κ1) is 20.7. The normalized spacial score (nSPS) is 27.6. The number of fused-ring (bicyclic) bond motifs is 2. The zero-order valence-corrected chi connectivity index (χ0v) is 17.6. The van der Waals surface area contributed by atoms with Crippen molar-refractivity contribution in [1.29, 1.82) is 0 Å². The fraction of sp³-hybridized carbons (Fsp3) is 0.421. The molecule has 1 aromatic carbocycles. The van der Waals surface area contributed by atoms with Crippen LogP contribution in [0.15, 0.2) is 43.0 Å². The molecule has 4 heterocycles. The van der Waals surface area contributed by atoms with E-state index in [0.29, 0.717) is 16.9 Å². The maximum Gasteiger partial charge on any atom is 0.469 e. The summed E-state index contributed by atoms with van der Waals surface area (Å²) in [5.74, 6) is -0.891. The number of phosphoric ester groups is 1. The Morgan fingerprint density at radius 1 is 1.13 bits per heavy atom. The highest BCUT2D eigenvalue weighted by atomic mass is 31.2. The Kier molecular flexibility index (Phi) is 4.94. The van der Waals surface area contributed by atoms with Crippen LogP contribution in [-0.2, 0) is 23.3 Å². The van der Waals surface area contributed by atoms with Gasteiger partial charge in [-0.25, -0.2) is 19.5 Å². The van der Waals surface area contributed by atoms with Gasteiger partial charge in [-0.3, -0.25) is 9.09 Å². The second kappa shape index (κ2) is 7.42. The van der Waals surface area contributed by atoms with Crippen molar-refractivity contribution in [1.82, 2.24) is 19.5 Å². The third-order valence-electron chi connectivity index (χ3n) is 5.21. The van der Waals surface area contributed by atoms with E-state index in [9.17, 15) is 4.57 Å². The van der Waals surface area contributed by atoms with Crippen LogP contribution in [0.3, 0.4) is 0 Å². The molecule has 3 aromatic rings. The molecule has 2 aromatic heterocycles. The van der Waals surface area contributed by atoms with E-state index in [1.54, 1.807) is 24.7 Å². The molecule has 2 saturated heterocycles. The molecule has 5 rings (SSSR count). The second-order valence-electron chi connectivity index (χ2n) is 7.83. The number of hydrogen-bond acceptors (Lipinski definition) is 8. The Morgan fingerprint density at radius 3 is 2.61 bits per heavy atom. The zero-order valence-electron chi connectivity index (χ0n) is 16.7. The molecule has 4 unspecified atom stereocenters. The van der Waals surface area contributed by atoms with Gasteiger partial charge < -0.3 is 24.0 Å². The summed E-state index contributed by atoms with van der Waals surface area (Å²) < 4.78 is 35.6. The highest BCUT2D eigenvalue weighted by Crippen LogP contribution is 2.45. The molecule has 164 valence electrons. The van der Waals surface area contributed by atoms with Crippen LogP contribution in [0, 0.1) is 0 Å². The number of rotatable bonds is 5. The highest BCUT2D eigenvalue weighted by Gasteiger charge is 2.56. The third kappa shape index (κ3) is 3.90. The van der Waals surface area contributed by atoms with E-state index in [-0.39, 0.29) is 6.61 Å². The van der Waals surface area contributed by atoms with Crippen molar-refractivity contribution in [3.63, 3.8) is 0 Å². The lowest BCUT2D eigenvalue weighted by Crippen LogP contribution is -2.32. The van der Waals surface area contributed by atoms with Crippen LogP contribution in [0.2, 0.25) is 0 Å². The lowest BCUT2D eigenvalue weighted by molar-refractivity contribution is -0.199. The molecule has 0 amide bonds. The number of benzene rings is 1. The zero-order chi connectivity index (χ0) is 21.8. The summed E-state index contributed by atoms with van der Waals surface area (Å²) >= 11 is 0. The van der Waals surface area contributed by atoms with E-state index >= 15 is 0 Å². The lowest BCUT2D eigenvalue weighted by Gasteiger charge is -2.24. The van der Waals surface area contributed by atoms with Gasteiger partial charge in [0.05, 0.1) is 12.9 Å². The third-order valence-corrected chi connectivity index (χ3v) is 5.70. The van der Waals surface area contributed by atoms with Crippen molar-refractivity contribution in [3.8, 4) is 11.3 Å². The van der Waals surface area contributed by atoms with Crippen molar-refractivity contribution >= 4 is 19.0 Å². The molecule has 12 heteroatoms. The summed E-state index contributed by atoms with van der Waals surface area (Å²) in [6, 6.07) is 9.64. The molecule has 4 atom stereocenters. The first-order valence-electron chi connectivity index (χ1n) is 9.66. The van der Waals surface area contributed by atoms with Crippen LogP contribution in [0.4, 0.5) is 0 Å².